The van der Waals surface area contributed by atoms with Crippen LogP contribution in [0.4, 0.5) is 0 Å². The van der Waals surface area contributed by atoms with Gasteiger partial charge in [0.1, 0.15) is 0 Å². The SMILES string of the molecule is Cc1ncsc1CNC(=O)C(C)(C)C1CCCNC1. The average Bonchev–Trinajstić information content (AvgIpc) is 2.82. The number of nitrogens with one attached hydrogen (secondary N) is 2. The van der Waals surface area contributed by atoms with Gasteiger partial charge in [0.15, 0.2) is 0 Å². The Balaban J connectivity index is 1.92. The first-order valence-corrected chi connectivity index (χ1v) is 7.77. The molecule has 0 aliphatic carbocycles. The summed E-state index contributed by atoms with van der Waals surface area (Å²) in [5.41, 5.74) is 2.53. The van der Waals surface area contributed by atoms with Gasteiger partial charge >= 0.3 is 0 Å². The van der Waals surface area contributed by atoms with E-state index in [4.69, 9.17) is 0 Å². The number of rotatable bonds is 4. The normalized spacial score (nSPS) is 20.3. The highest BCUT2D eigenvalue weighted by atomic mass is 32.1. The average molecular weight is 281 g/mol. The molecule has 1 aromatic heterocycles. The fraction of sp³-hybridized carbons (Fsp3) is 0.714. The van der Waals surface area contributed by atoms with Gasteiger partial charge in [-0.2, -0.15) is 0 Å². The van der Waals surface area contributed by atoms with Crippen LogP contribution in [-0.2, 0) is 11.3 Å². The van der Waals surface area contributed by atoms with E-state index < -0.39 is 0 Å². The zero-order valence-electron chi connectivity index (χ0n) is 12.0. The van der Waals surface area contributed by atoms with Gasteiger partial charge in [-0.1, -0.05) is 13.8 Å². The summed E-state index contributed by atoms with van der Waals surface area (Å²) in [6, 6.07) is 0. The molecule has 0 aromatic carbocycles. The van der Waals surface area contributed by atoms with Gasteiger partial charge in [-0.15, -0.1) is 11.3 Å². The molecule has 1 aliphatic heterocycles. The molecule has 5 heteroatoms. The molecule has 1 unspecified atom stereocenters. The van der Waals surface area contributed by atoms with Gasteiger partial charge in [0.25, 0.3) is 0 Å². The third-order valence-electron chi connectivity index (χ3n) is 4.16. The second-order valence-electron chi connectivity index (χ2n) is 5.81. The smallest absolute Gasteiger partial charge is 0.226 e. The standard InChI is InChI=1S/C14H23N3OS/c1-10-12(19-9-17-10)8-16-13(18)14(2,3)11-5-4-6-15-7-11/h9,11,15H,4-8H2,1-3H3,(H,16,18). The molecule has 4 nitrogen and oxygen atoms in total. The number of amides is 1. The summed E-state index contributed by atoms with van der Waals surface area (Å²) in [5, 5.41) is 6.45. The summed E-state index contributed by atoms with van der Waals surface area (Å²) in [7, 11) is 0. The zero-order valence-corrected chi connectivity index (χ0v) is 12.8. The van der Waals surface area contributed by atoms with Crippen LogP contribution in [0.2, 0.25) is 0 Å². The minimum Gasteiger partial charge on any atom is -0.351 e. The van der Waals surface area contributed by atoms with Crippen LogP contribution in [0.5, 0.6) is 0 Å². The van der Waals surface area contributed by atoms with Gasteiger partial charge in [-0.05, 0) is 38.8 Å². The Morgan fingerprint density at radius 2 is 2.42 bits per heavy atom. The van der Waals surface area contributed by atoms with Gasteiger partial charge < -0.3 is 10.6 Å². The van der Waals surface area contributed by atoms with Crippen LogP contribution in [0.15, 0.2) is 5.51 Å². The number of thiazole rings is 1. The van der Waals surface area contributed by atoms with Crippen molar-refractivity contribution in [2.75, 3.05) is 13.1 Å². The number of aryl methyl sites for hydroxylation is 1. The number of carbonyl (C=O) groups excluding carboxylic acids is 1. The van der Waals surface area contributed by atoms with Gasteiger partial charge in [-0.3, -0.25) is 4.79 Å². The van der Waals surface area contributed by atoms with Gasteiger partial charge in [0.2, 0.25) is 5.91 Å². The number of hydrogen-bond acceptors (Lipinski definition) is 4. The topological polar surface area (TPSA) is 54.0 Å². The summed E-state index contributed by atoms with van der Waals surface area (Å²) >= 11 is 1.60. The maximum absolute atomic E-state index is 12.4. The van der Waals surface area contributed by atoms with E-state index in [2.05, 4.69) is 29.5 Å². The molecule has 1 amide bonds. The second-order valence-corrected chi connectivity index (χ2v) is 6.75. The minimum atomic E-state index is -0.313. The van der Waals surface area contributed by atoms with Crippen molar-refractivity contribution in [3.63, 3.8) is 0 Å². The van der Waals surface area contributed by atoms with Gasteiger partial charge in [0, 0.05) is 10.3 Å². The Labute approximate surface area is 119 Å². The van der Waals surface area contributed by atoms with Crippen molar-refractivity contribution in [2.45, 2.75) is 40.2 Å². The fourth-order valence-corrected chi connectivity index (χ4v) is 3.25. The molecule has 0 spiro atoms. The first-order chi connectivity index (χ1) is 9.01. The van der Waals surface area contributed by atoms with Crippen LogP contribution in [0.1, 0.15) is 37.3 Å². The largest absolute Gasteiger partial charge is 0.351 e. The molecule has 19 heavy (non-hydrogen) atoms. The predicted molar refractivity (Wildman–Crippen MR) is 78.1 cm³/mol. The number of aromatic nitrogens is 1. The van der Waals surface area contributed by atoms with Crippen LogP contribution in [0, 0.1) is 18.3 Å². The summed E-state index contributed by atoms with van der Waals surface area (Å²) in [4.78, 5) is 17.8. The molecule has 0 bridgehead atoms. The van der Waals surface area contributed by atoms with Crippen molar-refractivity contribution >= 4 is 17.2 Å². The minimum absolute atomic E-state index is 0.147. The molecule has 1 fully saturated rings. The third kappa shape index (κ3) is 3.34. The fourth-order valence-electron chi connectivity index (χ4n) is 2.54. The van der Waals surface area contributed by atoms with E-state index in [9.17, 15) is 4.79 Å². The number of nitrogens with zero attached hydrogens (tertiary/aromatic N) is 1. The number of piperidine rings is 1. The lowest BCUT2D eigenvalue weighted by atomic mass is 9.74. The van der Waals surface area contributed by atoms with Gasteiger partial charge in [0.05, 0.1) is 17.7 Å². The molecule has 106 valence electrons. The molecule has 2 heterocycles. The van der Waals surface area contributed by atoms with Crippen molar-refractivity contribution in [2.24, 2.45) is 11.3 Å². The lowest BCUT2D eigenvalue weighted by molar-refractivity contribution is -0.132. The first-order valence-electron chi connectivity index (χ1n) is 6.90. The summed E-state index contributed by atoms with van der Waals surface area (Å²) in [6.45, 7) is 8.71. The summed E-state index contributed by atoms with van der Waals surface area (Å²) in [5.74, 6) is 0.567. The van der Waals surface area contributed by atoms with E-state index in [0.29, 0.717) is 12.5 Å². The molecule has 1 aliphatic rings. The van der Waals surface area contributed by atoms with Crippen molar-refractivity contribution in [1.82, 2.24) is 15.6 Å². The highest BCUT2D eigenvalue weighted by Gasteiger charge is 2.37. The van der Waals surface area contributed by atoms with E-state index >= 15 is 0 Å². The Morgan fingerprint density at radius 3 is 3.00 bits per heavy atom. The molecule has 0 saturated carbocycles. The lowest BCUT2D eigenvalue weighted by Crippen LogP contribution is -2.47. The van der Waals surface area contributed by atoms with Crippen LogP contribution in [-0.4, -0.2) is 24.0 Å². The monoisotopic (exact) mass is 281 g/mol. The quantitative estimate of drug-likeness (QED) is 0.888. The van der Waals surface area contributed by atoms with Crippen molar-refractivity contribution < 1.29 is 4.79 Å². The van der Waals surface area contributed by atoms with E-state index in [0.717, 1.165) is 36.5 Å². The maximum atomic E-state index is 12.4. The Kier molecular flexibility index (Phi) is 4.58. The maximum Gasteiger partial charge on any atom is 0.226 e. The predicted octanol–water partition coefficient (Wildman–Crippen LogP) is 2.09. The van der Waals surface area contributed by atoms with E-state index in [-0.39, 0.29) is 11.3 Å². The molecule has 2 rings (SSSR count). The van der Waals surface area contributed by atoms with E-state index in [1.54, 1.807) is 11.3 Å². The van der Waals surface area contributed by atoms with Crippen molar-refractivity contribution in [3.8, 4) is 0 Å². The molecule has 0 radical (unpaired) electrons. The van der Waals surface area contributed by atoms with Crippen molar-refractivity contribution in [3.05, 3.63) is 16.1 Å². The molecular formula is C14H23N3OS. The summed E-state index contributed by atoms with van der Waals surface area (Å²) < 4.78 is 0. The molecule has 1 atom stereocenters. The van der Waals surface area contributed by atoms with Crippen LogP contribution < -0.4 is 10.6 Å². The number of carbonyl (C=O) groups is 1. The molecule has 2 N–H and O–H groups in total. The van der Waals surface area contributed by atoms with Crippen molar-refractivity contribution in [1.29, 1.82) is 0 Å². The second kappa shape index (κ2) is 6.01. The number of hydrogen-bond donors (Lipinski definition) is 2. The highest BCUT2D eigenvalue weighted by molar-refractivity contribution is 7.09. The summed E-state index contributed by atoms with van der Waals surface area (Å²) in [6.07, 6.45) is 2.29. The Morgan fingerprint density at radius 1 is 1.63 bits per heavy atom. The van der Waals surface area contributed by atoms with Gasteiger partial charge in [-0.25, -0.2) is 4.98 Å². The van der Waals surface area contributed by atoms with Crippen LogP contribution in [0.25, 0.3) is 0 Å². The zero-order chi connectivity index (χ0) is 13.9. The van der Waals surface area contributed by atoms with E-state index in [1.165, 1.54) is 0 Å². The van der Waals surface area contributed by atoms with Crippen LogP contribution in [0.3, 0.4) is 0 Å². The van der Waals surface area contributed by atoms with Crippen LogP contribution >= 0.6 is 11.3 Å². The first kappa shape index (κ1) is 14.5. The van der Waals surface area contributed by atoms with E-state index in [1.807, 2.05) is 12.4 Å². The Hall–Kier alpha value is -0.940. The Bertz CT molecular complexity index is 436. The lowest BCUT2D eigenvalue weighted by Gasteiger charge is -2.36. The molecule has 1 aromatic rings. The highest BCUT2D eigenvalue weighted by Crippen LogP contribution is 2.32. The molecule has 1 saturated heterocycles. The third-order valence-corrected chi connectivity index (χ3v) is 5.09. The molecular weight excluding hydrogens is 258 g/mol.